The van der Waals surface area contributed by atoms with Crippen molar-refractivity contribution in [3.63, 3.8) is 0 Å². The third-order valence-electron chi connectivity index (χ3n) is 5.61. The Hall–Kier alpha value is -4.30. The van der Waals surface area contributed by atoms with Gasteiger partial charge >= 0.3 is 0 Å². The van der Waals surface area contributed by atoms with E-state index in [9.17, 15) is 27.5 Å². The summed E-state index contributed by atoms with van der Waals surface area (Å²) in [6.07, 6.45) is -1.73. The number of carbonyl (C=O) groups is 1. The van der Waals surface area contributed by atoms with Crippen molar-refractivity contribution in [2.75, 3.05) is 0 Å². The highest BCUT2D eigenvalue weighted by atomic mass is 19.3. The molecule has 0 radical (unpaired) electrons. The van der Waals surface area contributed by atoms with Crippen molar-refractivity contribution in [2.45, 2.75) is 44.6 Å². The minimum atomic E-state index is -2.87. The topological polar surface area (TPSA) is 106 Å². The molecule has 0 bridgehead atoms. The van der Waals surface area contributed by atoms with E-state index in [4.69, 9.17) is 5.73 Å². The highest BCUT2D eigenvalue weighted by Gasteiger charge is 2.25. The summed E-state index contributed by atoms with van der Waals surface area (Å²) in [4.78, 5) is 16.7. The van der Waals surface area contributed by atoms with Gasteiger partial charge in [-0.05, 0) is 68.2 Å². The summed E-state index contributed by atoms with van der Waals surface area (Å²) in [5, 5.41) is 17.5. The average Bonchev–Trinajstić information content (AvgIpc) is 3.26. The summed E-state index contributed by atoms with van der Waals surface area (Å²) in [7, 11) is 0. The second kappa shape index (κ2) is 10.6. The molecule has 3 N–H and O–H groups in total. The first-order valence-corrected chi connectivity index (χ1v) is 11.5. The van der Waals surface area contributed by atoms with Crippen LogP contribution in [0.4, 0.5) is 17.6 Å². The van der Waals surface area contributed by atoms with Crippen LogP contribution in [0.15, 0.2) is 48.7 Å². The van der Waals surface area contributed by atoms with Gasteiger partial charge in [0.05, 0.1) is 5.69 Å². The number of hydrogen-bond donors (Lipinski definition) is 2. The zero-order chi connectivity index (χ0) is 27.6. The molecule has 0 saturated heterocycles. The number of primary amides is 1. The molecule has 7 nitrogen and oxygen atoms in total. The van der Waals surface area contributed by atoms with Crippen LogP contribution in [0.1, 0.15) is 55.4 Å². The Kier molecular flexibility index (Phi) is 7.46. The Labute approximate surface area is 215 Å². The minimum absolute atomic E-state index is 0.0158. The molecule has 0 aliphatic heterocycles. The second-order valence-electron chi connectivity index (χ2n) is 9.26. The van der Waals surface area contributed by atoms with Crippen LogP contribution in [0.3, 0.4) is 0 Å². The molecule has 0 spiro atoms. The van der Waals surface area contributed by atoms with E-state index in [2.05, 4.69) is 27.0 Å². The zero-order valence-electron chi connectivity index (χ0n) is 20.4. The largest absolute Gasteiger partial charge is 0.378 e. The Bertz CT molecular complexity index is 1550. The van der Waals surface area contributed by atoms with Crippen LogP contribution < -0.4 is 5.73 Å². The normalized spacial score (nSPS) is 12.4. The first-order valence-electron chi connectivity index (χ1n) is 11.5. The summed E-state index contributed by atoms with van der Waals surface area (Å²) in [5.41, 5.74) is 5.92. The van der Waals surface area contributed by atoms with Gasteiger partial charge in [0.15, 0.2) is 5.65 Å². The predicted molar refractivity (Wildman–Crippen MR) is 131 cm³/mol. The number of rotatable bonds is 7. The van der Waals surface area contributed by atoms with E-state index < -0.39 is 41.3 Å². The SMILES string of the molecule is CC(C)(O)C#Cc1ccc(-c2cccn3c(C(F)F)nnc23)c([C@H](CC(N)=O)Cc2cc(F)cc(F)c2)n1. The van der Waals surface area contributed by atoms with Gasteiger partial charge in [-0.3, -0.25) is 9.20 Å². The van der Waals surface area contributed by atoms with Crippen molar-refractivity contribution in [1.82, 2.24) is 19.6 Å². The van der Waals surface area contributed by atoms with E-state index in [0.29, 0.717) is 11.1 Å². The van der Waals surface area contributed by atoms with Crippen LogP contribution in [0.2, 0.25) is 0 Å². The maximum absolute atomic E-state index is 13.9. The number of carbonyl (C=O) groups excluding carboxylic acids is 1. The number of nitrogens with zero attached hydrogens (tertiary/aromatic N) is 4. The van der Waals surface area contributed by atoms with E-state index in [1.165, 1.54) is 26.1 Å². The van der Waals surface area contributed by atoms with Gasteiger partial charge in [0.1, 0.15) is 22.9 Å². The van der Waals surface area contributed by atoms with Crippen LogP contribution in [-0.2, 0) is 11.2 Å². The van der Waals surface area contributed by atoms with Crippen molar-refractivity contribution in [3.05, 3.63) is 83.1 Å². The monoisotopic (exact) mass is 525 g/mol. The third kappa shape index (κ3) is 6.15. The fraction of sp³-hybridized carbons (Fsp3) is 0.259. The predicted octanol–water partition coefficient (Wildman–Crippen LogP) is 4.33. The van der Waals surface area contributed by atoms with Crippen molar-refractivity contribution in [3.8, 4) is 23.0 Å². The number of nitrogens with two attached hydrogens (primary N) is 1. The lowest BCUT2D eigenvalue weighted by atomic mass is 9.87. The molecule has 196 valence electrons. The van der Waals surface area contributed by atoms with Crippen LogP contribution in [-0.4, -0.2) is 36.2 Å². The molecule has 4 rings (SSSR count). The summed E-state index contributed by atoms with van der Waals surface area (Å²) in [6, 6.07) is 9.37. The molecule has 1 atom stereocenters. The van der Waals surface area contributed by atoms with E-state index >= 15 is 0 Å². The molecular formula is C27H23F4N5O2. The molecular weight excluding hydrogens is 502 g/mol. The zero-order valence-corrected chi connectivity index (χ0v) is 20.4. The van der Waals surface area contributed by atoms with Crippen molar-refractivity contribution < 1.29 is 27.5 Å². The molecule has 1 aromatic carbocycles. The number of hydrogen-bond acceptors (Lipinski definition) is 5. The number of alkyl halides is 2. The summed E-state index contributed by atoms with van der Waals surface area (Å²) >= 11 is 0. The molecule has 4 aromatic rings. The van der Waals surface area contributed by atoms with Gasteiger partial charge in [-0.2, -0.15) is 0 Å². The first kappa shape index (κ1) is 26.8. The first-order chi connectivity index (χ1) is 17.9. The Morgan fingerprint density at radius 3 is 2.45 bits per heavy atom. The fourth-order valence-corrected chi connectivity index (χ4v) is 4.12. The molecule has 0 aliphatic carbocycles. The Morgan fingerprint density at radius 1 is 1.11 bits per heavy atom. The van der Waals surface area contributed by atoms with E-state index in [1.807, 2.05) is 0 Å². The van der Waals surface area contributed by atoms with E-state index in [0.717, 1.165) is 22.6 Å². The second-order valence-corrected chi connectivity index (χ2v) is 9.26. The molecule has 0 unspecified atom stereocenters. The molecule has 0 fully saturated rings. The lowest BCUT2D eigenvalue weighted by molar-refractivity contribution is -0.118. The highest BCUT2D eigenvalue weighted by molar-refractivity contribution is 5.81. The molecule has 11 heteroatoms. The molecule has 0 saturated carbocycles. The highest BCUT2D eigenvalue weighted by Crippen LogP contribution is 2.35. The van der Waals surface area contributed by atoms with Gasteiger partial charge in [0, 0.05) is 35.7 Å². The van der Waals surface area contributed by atoms with Crippen molar-refractivity contribution in [1.29, 1.82) is 0 Å². The van der Waals surface area contributed by atoms with Crippen LogP contribution in [0.25, 0.3) is 16.8 Å². The number of fused-ring (bicyclic) bond motifs is 1. The van der Waals surface area contributed by atoms with Gasteiger partial charge < -0.3 is 10.8 Å². The number of amides is 1. The van der Waals surface area contributed by atoms with Crippen LogP contribution in [0, 0.1) is 23.5 Å². The fourth-order valence-electron chi connectivity index (χ4n) is 4.12. The Morgan fingerprint density at radius 2 is 1.82 bits per heavy atom. The molecule has 0 aliphatic rings. The molecule has 3 aromatic heterocycles. The molecule has 1 amide bonds. The third-order valence-corrected chi connectivity index (χ3v) is 5.61. The van der Waals surface area contributed by atoms with Crippen LogP contribution >= 0.6 is 0 Å². The minimum Gasteiger partial charge on any atom is -0.378 e. The van der Waals surface area contributed by atoms with Gasteiger partial charge in [-0.25, -0.2) is 22.5 Å². The number of aromatic nitrogens is 4. The summed E-state index contributed by atoms with van der Waals surface area (Å²) in [6.45, 7) is 2.99. The smallest absolute Gasteiger partial charge is 0.297 e. The quantitative estimate of drug-likeness (QED) is 0.276. The lowest BCUT2D eigenvalue weighted by Gasteiger charge is -2.20. The number of aliphatic hydroxyl groups is 1. The van der Waals surface area contributed by atoms with Crippen molar-refractivity contribution in [2.24, 2.45) is 5.73 Å². The average molecular weight is 526 g/mol. The van der Waals surface area contributed by atoms with Crippen LogP contribution in [0.5, 0.6) is 0 Å². The van der Waals surface area contributed by atoms with Crippen molar-refractivity contribution >= 4 is 11.6 Å². The van der Waals surface area contributed by atoms with E-state index in [1.54, 1.807) is 18.2 Å². The van der Waals surface area contributed by atoms with Gasteiger partial charge in [-0.1, -0.05) is 5.92 Å². The van der Waals surface area contributed by atoms with Gasteiger partial charge in [0.25, 0.3) is 6.43 Å². The maximum Gasteiger partial charge on any atom is 0.297 e. The van der Waals surface area contributed by atoms with Gasteiger partial charge in [-0.15, -0.1) is 10.2 Å². The maximum atomic E-state index is 13.9. The standard InChI is InChI=1S/C27H23F4N5O2/c1-27(2,38)8-7-19-5-6-20(21-4-3-9-36-25(21)34-35-26(36)24(30)31)23(33-19)16(13-22(32)37)10-15-11-17(28)14-18(29)12-15/h3-6,9,11-12,14,16,24,38H,10,13H2,1-2H3,(H2,32,37)/t16-/m0/s1. The number of benzene rings is 1. The Balaban J connectivity index is 1.93. The van der Waals surface area contributed by atoms with E-state index in [-0.39, 0.29) is 35.4 Å². The van der Waals surface area contributed by atoms with Gasteiger partial charge in [0.2, 0.25) is 11.7 Å². The lowest BCUT2D eigenvalue weighted by Crippen LogP contribution is -2.19. The number of pyridine rings is 2. The molecule has 38 heavy (non-hydrogen) atoms. The molecule has 3 heterocycles. The number of halogens is 4. The summed E-state index contributed by atoms with van der Waals surface area (Å²) in [5.74, 6) is 1.84. The summed E-state index contributed by atoms with van der Waals surface area (Å²) < 4.78 is 56.0.